The third-order valence-electron chi connectivity index (χ3n) is 6.92. The van der Waals surface area contributed by atoms with Crippen molar-refractivity contribution >= 4 is 17.8 Å². The van der Waals surface area contributed by atoms with Gasteiger partial charge in [-0.3, -0.25) is 9.59 Å². The molecule has 1 spiro atoms. The summed E-state index contributed by atoms with van der Waals surface area (Å²) in [7, 11) is 0. The molecule has 0 bridgehead atoms. The van der Waals surface area contributed by atoms with Gasteiger partial charge in [0.15, 0.2) is 5.96 Å². The van der Waals surface area contributed by atoms with Crippen molar-refractivity contribution in [3.8, 4) is 0 Å². The van der Waals surface area contributed by atoms with Crippen molar-refractivity contribution in [1.29, 1.82) is 0 Å². The molecule has 1 aromatic rings. The summed E-state index contributed by atoms with van der Waals surface area (Å²) >= 11 is 0. The Hall–Kier alpha value is -2.57. The number of guanidine groups is 1. The number of carbonyl (C=O) groups is 2. The Bertz CT molecular complexity index is 814. The molecule has 7 nitrogen and oxygen atoms in total. The third-order valence-corrected chi connectivity index (χ3v) is 6.92. The van der Waals surface area contributed by atoms with Crippen LogP contribution >= 0.6 is 0 Å². The lowest BCUT2D eigenvalue weighted by atomic mass is 9.73. The normalized spacial score (nSPS) is 21.3. The summed E-state index contributed by atoms with van der Waals surface area (Å²) in [5, 5.41) is 6.22. The fourth-order valence-electron chi connectivity index (χ4n) is 5.17. The number of rotatable bonds is 4. The zero-order valence-corrected chi connectivity index (χ0v) is 18.7. The Kier molecular flexibility index (Phi) is 6.78. The number of nitrogens with zero attached hydrogens (tertiary/aromatic N) is 3. The highest BCUT2D eigenvalue weighted by atomic mass is 16.2. The van der Waals surface area contributed by atoms with Crippen molar-refractivity contribution in [1.82, 2.24) is 20.4 Å². The predicted octanol–water partition coefficient (Wildman–Crippen LogP) is 2.38. The Balaban J connectivity index is 1.38. The third kappa shape index (κ3) is 5.20. The van der Waals surface area contributed by atoms with Crippen LogP contribution in [-0.2, 0) is 11.3 Å². The minimum atomic E-state index is -0.0987. The van der Waals surface area contributed by atoms with E-state index in [4.69, 9.17) is 4.99 Å². The van der Waals surface area contributed by atoms with Crippen LogP contribution in [0.1, 0.15) is 61.4 Å². The lowest BCUT2D eigenvalue weighted by Crippen LogP contribution is -2.49. The van der Waals surface area contributed by atoms with Gasteiger partial charge in [-0.25, -0.2) is 4.99 Å². The first kappa shape index (κ1) is 21.7. The monoisotopic (exact) mass is 425 g/mol. The van der Waals surface area contributed by atoms with Gasteiger partial charge in [0.05, 0.1) is 13.1 Å². The Morgan fingerprint density at radius 1 is 1.10 bits per heavy atom. The minimum absolute atomic E-state index is 0.0897. The van der Waals surface area contributed by atoms with E-state index in [1.54, 1.807) is 4.90 Å². The van der Waals surface area contributed by atoms with Crippen molar-refractivity contribution in [3.63, 3.8) is 0 Å². The van der Waals surface area contributed by atoms with Gasteiger partial charge < -0.3 is 20.4 Å². The number of benzene rings is 1. The molecular formula is C24H35N5O2. The molecule has 3 fully saturated rings. The van der Waals surface area contributed by atoms with E-state index < -0.39 is 0 Å². The number of amides is 2. The second-order valence-electron chi connectivity index (χ2n) is 9.18. The summed E-state index contributed by atoms with van der Waals surface area (Å²) in [6.07, 6.45) is 8.12. The summed E-state index contributed by atoms with van der Waals surface area (Å²) < 4.78 is 0. The maximum atomic E-state index is 12.6. The molecule has 2 saturated heterocycles. The van der Waals surface area contributed by atoms with Crippen molar-refractivity contribution in [2.24, 2.45) is 10.4 Å². The maximum absolute atomic E-state index is 12.6. The fraction of sp³-hybridized carbons (Fsp3) is 0.625. The zero-order chi connectivity index (χ0) is 21.7. The van der Waals surface area contributed by atoms with E-state index in [0.29, 0.717) is 30.6 Å². The standard InChI is InChI=1S/C24H35N5O2/c1-2-25-23(29-14-12-24(18-29)10-4-3-5-11-24)27-16-19-6-8-20(9-7-19)22(31)28-15-13-26-21(30)17-28/h6-9H,2-5,10-18H2,1H3,(H,25,27)(H,26,30). The summed E-state index contributed by atoms with van der Waals surface area (Å²) in [5.74, 6) is 0.816. The predicted molar refractivity (Wildman–Crippen MR) is 122 cm³/mol. The highest BCUT2D eigenvalue weighted by Gasteiger charge is 2.39. The second kappa shape index (κ2) is 9.71. The van der Waals surface area contributed by atoms with Gasteiger partial charge in [0, 0.05) is 38.3 Å². The van der Waals surface area contributed by atoms with Gasteiger partial charge in [-0.1, -0.05) is 31.4 Å². The molecule has 0 aromatic heterocycles. The molecule has 0 unspecified atom stereocenters. The SMILES string of the molecule is CCNC(=NCc1ccc(C(=O)N2CCNC(=O)C2)cc1)N1CCC2(CCCCC2)C1. The number of hydrogen-bond donors (Lipinski definition) is 2. The number of aliphatic imine (C=N–C) groups is 1. The van der Waals surface area contributed by atoms with E-state index in [9.17, 15) is 9.59 Å². The largest absolute Gasteiger partial charge is 0.357 e. The van der Waals surface area contributed by atoms with E-state index in [2.05, 4.69) is 22.5 Å². The molecule has 2 N–H and O–H groups in total. The number of nitrogens with one attached hydrogen (secondary N) is 2. The maximum Gasteiger partial charge on any atom is 0.254 e. The molecule has 0 radical (unpaired) electrons. The molecule has 1 aromatic carbocycles. The molecule has 4 rings (SSSR count). The van der Waals surface area contributed by atoms with Gasteiger partial charge in [-0.15, -0.1) is 0 Å². The second-order valence-corrected chi connectivity index (χ2v) is 9.18. The Morgan fingerprint density at radius 2 is 1.87 bits per heavy atom. The van der Waals surface area contributed by atoms with Crippen LogP contribution in [0.2, 0.25) is 0 Å². The number of carbonyl (C=O) groups excluding carboxylic acids is 2. The van der Waals surface area contributed by atoms with Gasteiger partial charge >= 0.3 is 0 Å². The van der Waals surface area contributed by atoms with Crippen LogP contribution in [0.15, 0.2) is 29.3 Å². The van der Waals surface area contributed by atoms with Crippen LogP contribution in [0.25, 0.3) is 0 Å². The van der Waals surface area contributed by atoms with E-state index in [1.807, 2.05) is 24.3 Å². The number of piperazine rings is 1. The topological polar surface area (TPSA) is 77.0 Å². The quantitative estimate of drug-likeness (QED) is 0.574. The van der Waals surface area contributed by atoms with Gasteiger partial charge in [-0.05, 0) is 49.3 Å². The van der Waals surface area contributed by atoms with Gasteiger partial charge in [0.25, 0.3) is 5.91 Å². The minimum Gasteiger partial charge on any atom is -0.357 e. The smallest absolute Gasteiger partial charge is 0.254 e. The van der Waals surface area contributed by atoms with Crippen molar-refractivity contribution in [3.05, 3.63) is 35.4 Å². The summed E-state index contributed by atoms with van der Waals surface area (Å²) in [6, 6.07) is 7.63. The molecule has 7 heteroatoms. The van der Waals surface area contributed by atoms with E-state index in [1.165, 1.54) is 38.5 Å². The lowest BCUT2D eigenvalue weighted by Gasteiger charge is -2.33. The van der Waals surface area contributed by atoms with E-state index in [-0.39, 0.29) is 18.4 Å². The summed E-state index contributed by atoms with van der Waals surface area (Å²) in [5.41, 5.74) is 2.20. The van der Waals surface area contributed by atoms with Gasteiger partial charge in [-0.2, -0.15) is 0 Å². The first-order valence-electron chi connectivity index (χ1n) is 11.8. The van der Waals surface area contributed by atoms with Gasteiger partial charge in [0.1, 0.15) is 0 Å². The van der Waals surface area contributed by atoms with Crippen molar-refractivity contribution in [2.45, 2.75) is 52.0 Å². The van der Waals surface area contributed by atoms with Crippen LogP contribution in [-0.4, -0.2) is 66.8 Å². The molecular weight excluding hydrogens is 390 g/mol. The molecule has 1 saturated carbocycles. The molecule has 1 aliphatic carbocycles. The fourth-order valence-corrected chi connectivity index (χ4v) is 5.17. The average molecular weight is 426 g/mol. The first-order valence-corrected chi connectivity index (χ1v) is 11.8. The van der Waals surface area contributed by atoms with Crippen LogP contribution in [0.4, 0.5) is 0 Å². The van der Waals surface area contributed by atoms with Crippen molar-refractivity contribution in [2.75, 3.05) is 39.3 Å². The molecule has 3 aliphatic rings. The summed E-state index contributed by atoms with van der Waals surface area (Å²) in [6.45, 7) is 6.98. The first-order chi connectivity index (χ1) is 15.1. The van der Waals surface area contributed by atoms with Crippen LogP contribution in [0.5, 0.6) is 0 Å². The van der Waals surface area contributed by atoms with Crippen molar-refractivity contribution < 1.29 is 9.59 Å². The van der Waals surface area contributed by atoms with Gasteiger partial charge in [0.2, 0.25) is 5.91 Å². The molecule has 168 valence electrons. The summed E-state index contributed by atoms with van der Waals surface area (Å²) in [4.78, 5) is 33.1. The van der Waals surface area contributed by atoms with Crippen LogP contribution < -0.4 is 10.6 Å². The van der Waals surface area contributed by atoms with E-state index in [0.717, 1.165) is 31.2 Å². The van der Waals surface area contributed by atoms with Crippen LogP contribution in [0.3, 0.4) is 0 Å². The molecule has 2 amide bonds. The Labute approximate surface area is 185 Å². The average Bonchev–Trinajstić information content (AvgIpc) is 3.20. The Morgan fingerprint density at radius 3 is 2.58 bits per heavy atom. The molecule has 0 atom stereocenters. The van der Waals surface area contributed by atoms with Crippen LogP contribution in [0, 0.1) is 5.41 Å². The lowest BCUT2D eigenvalue weighted by molar-refractivity contribution is -0.123. The highest BCUT2D eigenvalue weighted by molar-refractivity contribution is 5.97. The molecule has 2 heterocycles. The van der Waals surface area contributed by atoms with E-state index >= 15 is 0 Å². The zero-order valence-electron chi connectivity index (χ0n) is 18.7. The number of hydrogen-bond acceptors (Lipinski definition) is 3. The number of likely N-dealkylation sites (tertiary alicyclic amines) is 1. The highest BCUT2D eigenvalue weighted by Crippen LogP contribution is 2.43. The molecule has 2 aliphatic heterocycles. The molecule has 31 heavy (non-hydrogen) atoms.